The summed E-state index contributed by atoms with van der Waals surface area (Å²) in [6.07, 6.45) is 5.56. The van der Waals surface area contributed by atoms with E-state index in [1.54, 1.807) is 6.21 Å². The summed E-state index contributed by atoms with van der Waals surface area (Å²) in [7, 11) is 0. The van der Waals surface area contributed by atoms with E-state index >= 15 is 0 Å². The smallest absolute Gasteiger partial charge is 0.0754 e. The maximum absolute atomic E-state index is 6.14. The van der Waals surface area contributed by atoms with E-state index in [-0.39, 0.29) is 5.54 Å². The van der Waals surface area contributed by atoms with Crippen molar-refractivity contribution in [3.63, 3.8) is 0 Å². The molecular weight excluding hydrogens is 162 g/mol. The zero-order valence-electron chi connectivity index (χ0n) is 8.46. The summed E-state index contributed by atoms with van der Waals surface area (Å²) in [6, 6.07) is 0. The van der Waals surface area contributed by atoms with E-state index in [0.29, 0.717) is 12.5 Å². The summed E-state index contributed by atoms with van der Waals surface area (Å²) in [5, 5.41) is 0. The van der Waals surface area contributed by atoms with Crippen LogP contribution in [0, 0.1) is 5.92 Å². The fourth-order valence-electron chi connectivity index (χ4n) is 1.38. The molecule has 1 heterocycles. The lowest BCUT2D eigenvalue weighted by Crippen LogP contribution is -2.49. The zero-order valence-corrected chi connectivity index (χ0v) is 8.46. The number of nitrogens with zero attached hydrogens (tertiary/aromatic N) is 1. The molecule has 1 rings (SSSR count). The Morgan fingerprint density at radius 3 is 2.85 bits per heavy atom. The van der Waals surface area contributed by atoms with Gasteiger partial charge in [0, 0.05) is 11.9 Å². The van der Waals surface area contributed by atoms with E-state index in [0.717, 1.165) is 18.5 Å². The molecule has 0 amide bonds. The number of allylic oxidation sites excluding steroid dienone is 1. The first-order valence-corrected chi connectivity index (χ1v) is 4.79. The summed E-state index contributed by atoms with van der Waals surface area (Å²) < 4.78 is 0. The van der Waals surface area contributed by atoms with Crippen LogP contribution >= 0.6 is 0 Å². The molecule has 1 aliphatic heterocycles. The van der Waals surface area contributed by atoms with Crippen LogP contribution in [0.1, 0.15) is 26.7 Å². The third-order valence-electron chi connectivity index (χ3n) is 2.48. The molecule has 0 aromatic heterocycles. The average molecular weight is 181 g/mol. The molecular formula is C10H19N3. The van der Waals surface area contributed by atoms with Gasteiger partial charge in [0.05, 0.1) is 12.1 Å². The van der Waals surface area contributed by atoms with Gasteiger partial charge in [-0.15, -0.1) is 0 Å². The van der Waals surface area contributed by atoms with Crippen LogP contribution in [0.2, 0.25) is 0 Å². The maximum atomic E-state index is 6.14. The van der Waals surface area contributed by atoms with Crippen molar-refractivity contribution in [2.45, 2.75) is 32.2 Å². The van der Waals surface area contributed by atoms with Crippen molar-refractivity contribution in [3.8, 4) is 0 Å². The van der Waals surface area contributed by atoms with Crippen molar-refractivity contribution in [2.24, 2.45) is 22.4 Å². The first-order valence-electron chi connectivity index (χ1n) is 4.79. The Kier molecular flexibility index (Phi) is 3.09. The number of dihydropyridines is 1. The number of hydrogen-bond donors (Lipinski definition) is 2. The molecule has 1 atom stereocenters. The van der Waals surface area contributed by atoms with Gasteiger partial charge in [0.25, 0.3) is 0 Å². The Morgan fingerprint density at radius 2 is 2.31 bits per heavy atom. The van der Waals surface area contributed by atoms with Gasteiger partial charge in [0.2, 0.25) is 0 Å². The van der Waals surface area contributed by atoms with Gasteiger partial charge < -0.3 is 11.5 Å². The molecule has 0 aromatic rings. The topological polar surface area (TPSA) is 64.4 Å². The second-order valence-electron chi connectivity index (χ2n) is 4.20. The minimum Gasteiger partial charge on any atom is -0.400 e. The van der Waals surface area contributed by atoms with Crippen LogP contribution in [-0.2, 0) is 0 Å². The van der Waals surface area contributed by atoms with Crippen LogP contribution in [0.4, 0.5) is 0 Å². The summed E-state index contributed by atoms with van der Waals surface area (Å²) in [6.45, 7) is 5.01. The largest absolute Gasteiger partial charge is 0.400 e. The molecule has 1 unspecified atom stereocenters. The molecule has 0 fully saturated rings. The highest BCUT2D eigenvalue weighted by Crippen LogP contribution is 2.21. The molecule has 0 aliphatic carbocycles. The van der Waals surface area contributed by atoms with Crippen LogP contribution in [0.25, 0.3) is 0 Å². The highest BCUT2D eigenvalue weighted by Gasteiger charge is 2.28. The highest BCUT2D eigenvalue weighted by molar-refractivity contribution is 5.74. The van der Waals surface area contributed by atoms with E-state index in [1.165, 1.54) is 0 Å². The monoisotopic (exact) mass is 181 g/mol. The molecule has 3 heteroatoms. The molecule has 74 valence electrons. The van der Waals surface area contributed by atoms with Gasteiger partial charge in [-0.25, -0.2) is 0 Å². The first-order chi connectivity index (χ1) is 6.04. The summed E-state index contributed by atoms with van der Waals surface area (Å²) in [4.78, 5) is 4.15. The van der Waals surface area contributed by atoms with Crippen LogP contribution in [-0.4, -0.2) is 18.3 Å². The molecule has 0 aromatic carbocycles. The predicted molar refractivity (Wildman–Crippen MR) is 56.6 cm³/mol. The summed E-state index contributed by atoms with van der Waals surface area (Å²) >= 11 is 0. The number of nitrogens with two attached hydrogens (primary N) is 2. The van der Waals surface area contributed by atoms with Gasteiger partial charge in [-0.3, -0.25) is 4.99 Å². The summed E-state index contributed by atoms with van der Waals surface area (Å²) in [5.74, 6) is 0.666. The third kappa shape index (κ3) is 2.56. The SMILES string of the molecule is CC(C)CCC1(N)CN=CC=C1N. The quantitative estimate of drug-likeness (QED) is 0.683. The second kappa shape index (κ2) is 3.92. The van der Waals surface area contributed by atoms with Gasteiger partial charge in [-0.05, 0) is 24.8 Å². The van der Waals surface area contributed by atoms with Crippen molar-refractivity contribution in [1.82, 2.24) is 0 Å². The van der Waals surface area contributed by atoms with Crippen molar-refractivity contribution in [2.75, 3.05) is 6.54 Å². The van der Waals surface area contributed by atoms with Gasteiger partial charge in [0.1, 0.15) is 0 Å². The predicted octanol–water partition coefficient (Wildman–Crippen LogP) is 1.05. The Balaban J connectivity index is 2.56. The minimum atomic E-state index is -0.390. The number of aliphatic imine (C=N–C) groups is 1. The molecule has 0 saturated carbocycles. The Hall–Kier alpha value is -0.830. The number of hydrogen-bond acceptors (Lipinski definition) is 3. The van der Waals surface area contributed by atoms with Crippen LogP contribution in [0.15, 0.2) is 16.8 Å². The van der Waals surface area contributed by atoms with Crippen LogP contribution in [0.3, 0.4) is 0 Å². The Bertz CT molecular complexity index is 230. The molecule has 4 N–H and O–H groups in total. The lowest BCUT2D eigenvalue weighted by atomic mass is 9.87. The summed E-state index contributed by atoms with van der Waals surface area (Å²) in [5.41, 5.74) is 12.4. The first kappa shape index (κ1) is 10.3. The van der Waals surface area contributed by atoms with Crippen molar-refractivity contribution < 1.29 is 0 Å². The molecule has 1 aliphatic rings. The Labute approximate surface area is 79.9 Å². The fourth-order valence-corrected chi connectivity index (χ4v) is 1.38. The lowest BCUT2D eigenvalue weighted by molar-refractivity contribution is 0.408. The molecule has 3 nitrogen and oxygen atoms in total. The number of rotatable bonds is 3. The van der Waals surface area contributed by atoms with Crippen molar-refractivity contribution in [3.05, 3.63) is 11.8 Å². The van der Waals surface area contributed by atoms with Gasteiger partial charge in [-0.1, -0.05) is 13.8 Å². The van der Waals surface area contributed by atoms with E-state index in [9.17, 15) is 0 Å². The average Bonchev–Trinajstić information content (AvgIpc) is 2.07. The van der Waals surface area contributed by atoms with Crippen molar-refractivity contribution >= 4 is 6.21 Å². The molecule has 13 heavy (non-hydrogen) atoms. The van der Waals surface area contributed by atoms with Crippen LogP contribution < -0.4 is 11.5 Å². The lowest BCUT2D eigenvalue weighted by Gasteiger charge is -2.30. The van der Waals surface area contributed by atoms with Crippen LogP contribution in [0.5, 0.6) is 0 Å². The minimum absolute atomic E-state index is 0.390. The Morgan fingerprint density at radius 1 is 1.62 bits per heavy atom. The molecule has 0 saturated heterocycles. The zero-order chi connectivity index (χ0) is 9.90. The maximum Gasteiger partial charge on any atom is 0.0754 e. The van der Waals surface area contributed by atoms with Gasteiger partial charge in [0.15, 0.2) is 0 Å². The second-order valence-corrected chi connectivity index (χ2v) is 4.20. The van der Waals surface area contributed by atoms with Crippen molar-refractivity contribution in [1.29, 1.82) is 0 Å². The van der Waals surface area contributed by atoms with E-state index in [1.807, 2.05) is 6.08 Å². The fraction of sp³-hybridized carbons (Fsp3) is 0.700. The van der Waals surface area contributed by atoms with E-state index in [4.69, 9.17) is 11.5 Å². The van der Waals surface area contributed by atoms with E-state index in [2.05, 4.69) is 18.8 Å². The molecule has 0 spiro atoms. The standard InChI is InChI=1S/C10H19N3/c1-8(2)3-5-10(12)7-13-6-4-9(10)11/h4,6,8H,3,5,7,11-12H2,1-2H3. The highest BCUT2D eigenvalue weighted by atomic mass is 14.9. The van der Waals surface area contributed by atoms with E-state index < -0.39 is 0 Å². The molecule has 0 bridgehead atoms. The third-order valence-corrected chi connectivity index (χ3v) is 2.48. The van der Waals surface area contributed by atoms with Gasteiger partial charge >= 0.3 is 0 Å². The van der Waals surface area contributed by atoms with Gasteiger partial charge in [-0.2, -0.15) is 0 Å². The normalized spacial score (nSPS) is 27.8. The molecule has 0 radical (unpaired) electrons.